The molecular weight excluding hydrogens is 318 g/mol. The number of carbonyl (C=O) groups excluding carboxylic acids is 1. The Morgan fingerprint density at radius 1 is 1.25 bits per heavy atom. The standard InChI is InChI=1S/C19H23N3OS/c1-21-12-16-8-4-3-7-15(16)11-17(21)13-22(2)19(23)14-24-18-9-5-6-10-20-18/h3-10,17H,11-14H2,1-2H3/t17-/m1/s1. The van der Waals surface area contributed by atoms with Crippen molar-refractivity contribution in [3.63, 3.8) is 0 Å². The third kappa shape index (κ3) is 4.16. The molecule has 1 atom stereocenters. The normalized spacial score (nSPS) is 17.3. The first-order valence-electron chi connectivity index (χ1n) is 8.18. The van der Waals surface area contributed by atoms with Crippen LogP contribution >= 0.6 is 11.8 Å². The summed E-state index contributed by atoms with van der Waals surface area (Å²) in [5.74, 6) is 0.582. The molecule has 0 bridgehead atoms. The van der Waals surface area contributed by atoms with Gasteiger partial charge in [-0.2, -0.15) is 0 Å². The van der Waals surface area contributed by atoms with Gasteiger partial charge < -0.3 is 4.90 Å². The van der Waals surface area contributed by atoms with Crippen LogP contribution in [0.3, 0.4) is 0 Å². The molecule has 24 heavy (non-hydrogen) atoms. The number of amides is 1. The van der Waals surface area contributed by atoms with Crippen LogP contribution in [0.1, 0.15) is 11.1 Å². The van der Waals surface area contributed by atoms with Crippen molar-refractivity contribution < 1.29 is 4.79 Å². The van der Waals surface area contributed by atoms with Crippen molar-refractivity contribution >= 4 is 17.7 Å². The average molecular weight is 341 g/mol. The molecule has 0 radical (unpaired) electrons. The Labute approximate surface area is 147 Å². The molecule has 0 aliphatic carbocycles. The van der Waals surface area contributed by atoms with Crippen LogP contribution in [0.25, 0.3) is 0 Å². The SMILES string of the molecule is CN(C[C@H]1Cc2ccccc2CN1C)C(=O)CSc1ccccn1. The van der Waals surface area contributed by atoms with Gasteiger partial charge in [0.25, 0.3) is 0 Å². The zero-order valence-electron chi connectivity index (χ0n) is 14.2. The van der Waals surface area contributed by atoms with Gasteiger partial charge in [-0.05, 0) is 36.7 Å². The van der Waals surface area contributed by atoms with Gasteiger partial charge in [0.1, 0.15) is 0 Å². The van der Waals surface area contributed by atoms with Crippen molar-refractivity contribution in [1.82, 2.24) is 14.8 Å². The maximum atomic E-state index is 12.4. The number of hydrogen-bond donors (Lipinski definition) is 0. The van der Waals surface area contributed by atoms with Crippen LogP contribution in [0, 0.1) is 0 Å². The van der Waals surface area contributed by atoms with E-state index in [0.29, 0.717) is 11.8 Å². The third-order valence-corrected chi connectivity index (χ3v) is 5.44. The summed E-state index contributed by atoms with van der Waals surface area (Å²) >= 11 is 1.49. The summed E-state index contributed by atoms with van der Waals surface area (Å²) in [5.41, 5.74) is 2.81. The second-order valence-corrected chi connectivity index (χ2v) is 7.27. The van der Waals surface area contributed by atoms with E-state index in [9.17, 15) is 4.79 Å². The molecule has 1 aromatic carbocycles. The zero-order chi connectivity index (χ0) is 16.9. The molecule has 0 spiro atoms. The molecule has 1 aliphatic rings. The molecule has 3 rings (SSSR count). The lowest BCUT2D eigenvalue weighted by Crippen LogP contribution is -2.46. The lowest BCUT2D eigenvalue weighted by Gasteiger charge is -2.36. The van der Waals surface area contributed by atoms with Gasteiger partial charge >= 0.3 is 0 Å². The molecule has 1 aromatic heterocycles. The van der Waals surface area contributed by atoms with Gasteiger partial charge in [0.05, 0.1) is 10.8 Å². The van der Waals surface area contributed by atoms with Crippen molar-refractivity contribution in [2.75, 3.05) is 26.4 Å². The van der Waals surface area contributed by atoms with Crippen LogP contribution in [0.5, 0.6) is 0 Å². The number of hydrogen-bond acceptors (Lipinski definition) is 4. The largest absolute Gasteiger partial charge is 0.343 e. The summed E-state index contributed by atoms with van der Waals surface area (Å²) in [4.78, 5) is 20.8. The Morgan fingerprint density at radius 2 is 2.00 bits per heavy atom. The lowest BCUT2D eigenvalue weighted by molar-refractivity contribution is -0.127. The number of rotatable bonds is 5. The van der Waals surface area contributed by atoms with Gasteiger partial charge in [0.2, 0.25) is 5.91 Å². The van der Waals surface area contributed by atoms with Crippen molar-refractivity contribution in [1.29, 1.82) is 0 Å². The molecule has 2 heterocycles. The Kier molecular flexibility index (Phi) is 5.53. The molecule has 1 aliphatic heterocycles. The number of fused-ring (bicyclic) bond motifs is 1. The van der Waals surface area contributed by atoms with E-state index in [1.165, 1.54) is 22.9 Å². The predicted octanol–water partition coefficient (Wildman–Crippen LogP) is 2.69. The van der Waals surface area contributed by atoms with E-state index in [1.807, 2.05) is 30.1 Å². The van der Waals surface area contributed by atoms with Crippen LogP contribution < -0.4 is 0 Å². The van der Waals surface area contributed by atoms with Gasteiger partial charge in [-0.3, -0.25) is 9.69 Å². The van der Waals surface area contributed by atoms with E-state index in [4.69, 9.17) is 0 Å². The summed E-state index contributed by atoms with van der Waals surface area (Å²) in [7, 11) is 4.04. The van der Waals surface area contributed by atoms with Crippen LogP contribution in [0.4, 0.5) is 0 Å². The Hall–Kier alpha value is -1.85. The van der Waals surface area contributed by atoms with Gasteiger partial charge in [-0.1, -0.05) is 42.1 Å². The summed E-state index contributed by atoms with van der Waals surface area (Å²) in [6, 6.07) is 14.7. The van der Waals surface area contributed by atoms with E-state index >= 15 is 0 Å². The van der Waals surface area contributed by atoms with Crippen LogP contribution in [0.2, 0.25) is 0 Å². The number of likely N-dealkylation sites (N-methyl/N-ethyl adjacent to an activating group) is 2. The average Bonchev–Trinajstić information content (AvgIpc) is 2.61. The molecular formula is C19H23N3OS. The lowest BCUT2D eigenvalue weighted by atomic mass is 9.94. The summed E-state index contributed by atoms with van der Waals surface area (Å²) < 4.78 is 0. The molecule has 0 saturated carbocycles. The Balaban J connectivity index is 1.54. The number of nitrogens with zero attached hydrogens (tertiary/aromatic N) is 3. The molecule has 0 fully saturated rings. The number of thioether (sulfide) groups is 1. The maximum absolute atomic E-state index is 12.4. The van der Waals surface area contributed by atoms with E-state index in [1.54, 1.807) is 6.20 Å². The minimum atomic E-state index is 0.151. The smallest absolute Gasteiger partial charge is 0.232 e. The first-order chi connectivity index (χ1) is 11.6. The van der Waals surface area contributed by atoms with Gasteiger partial charge in [-0.15, -0.1) is 0 Å². The van der Waals surface area contributed by atoms with Crippen molar-refractivity contribution in [3.05, 3.63) is 59.8 Å². The van der Waals surface area contributed by atoms with E-state index in [-0.39, 0.29) is 5.91 Å². The first-order valence-corrected chi connectivity index (χ1v) is 9.17. The molecule has 0 saturated heterocycles. The number of aromatic nitrogens is 1. The highest BCUT2D eigenvalue weighted by Crippen LogP contribution is 2.22. The van der Waals surface area contributed by atoms with Gasteiger partial charge in [0, 0.05) is 32.4 Å². The fourth-order valence-corrected chi connectivity index (χ4v) is 3.82. The Morgan fingerprint density at radius 3 is 2.75 bits per heavy atom. The van der Waals surface area contributed by atoms with Gasteiger partial charge in [-0.25, -0.2) is 4.98 Å². The predicted molar refractivity (Wildman–Crippen MR) is 98.0 cm³/mol. The fourth-order valence-electron chi connectivity index (χ4n) is 3.02. The molecule has 4 nitrogen and oxygen atoms in total. The topological polar surface area (TPSA) is 36.4 Å². The molecule has 1 amide bonds. The Bertz CT molecular complexity index is 692. The van der Waals surface area contributed by atoms with E-state index < -0.39 is 0 Å². The highest BCUT2D eigenvalue weighted by Gasteiger charge is 2.25. The minimum Gasteiger partial charge on any atom is -0.343 e. The first kappa shape index (κ1) is 17.0. The van der Waals surface area contributed by atoms with Crippen molar-refractivity contribution in [3.8, 4) is 0 Å². The highest BCUT2D eigenvalue weighted by atomic mass is 32.2. The second-order valence-electron chi connectivity index (χ2n) is 6.27. The zero-order valence-corrected chi connectivity index (χ0v) is 15.0. The highest BCUT2D eigenvalue weighted by molar-refractivity contribution is 7.99. The summed E-state index contributed by atoms with van der Waals surface area (Å²) in [6.45, 7) is 1.71. The van der Waals surface area contributed by atoms with E-state index in [2.05, 4.69) is 41.2 Å². The van der Waals surface area contributed by atoms with Crippen molar-refractivity contribution in [2.24, 2.45) is 0 Å². The van der Waals surface area contributed by atoms with Crippen LogP contribution in [0.15, 0.2) is 53.7 Å². The number of benzene rings is 1. The maximum Gasteiger partial charge on any atom is 0.232 e. The second kappa shape index (κ2) is 7.81. The molecule has 5 heteroatoms. The molecule has 0 N–H and O–H groups in total. The van der Waals surface area contributed by atoms with Crippen molar-refractivity contribution in [2.45, 2.75) is 24.0 Å². The summed E-state index contributed by atoms with van der Waals surface area (Å²) in [5, 5.41) is 0.892. The fraction of sp³-hybridized carbons (Fsp3) is 0.368. The monoisotopic (exact) mass is 341 g/mol. The third-order valence-electron chi connectivity index (χ3n) is 4.51. The van der Waals surface area contributed by atoms with E-state index in [0.717, 1.165) is 24.5 Å². The molecule has 2 aromatic rings. The molecule has 0 unspecified atom stereocenters. The van der Waals surface area contributed by atoms with Crippen LogP contribution in [-0.2, 0) is 17.8 Å². The summed E-state index contributed by atoms with van der Waals surface area (Å²) in [6.07, 6.45) is 2.75. The van der Waals surface area contributed by atoms with Gasteiger partial charge in [0.15, 0.2) is 0 Å². The quantitative estimate of drug-likeness (QED) is 0.784. The number of pyridine rings is 1. The molecule has 126 valence electrons. The van der Waals surface area contributed by atoms with Crippen LogP contribution in [-0.4, -0.2) is 53.1 Å². The number of carbonyl (C=O) groups is 1. The minimum absolute atomic E-state index is 0.151.